The highest BCUT2D eigenvalue weighted by atomic mass is 127. The molecule has 2 amide bonds. The van der Waals surface area contributed by atoms with Crippen LogP contribution in [0.1, 0.15) is 23.2 Å². The van der Waals surface area contributed by atoms with Gasteiger partial charge < -0.3 is 10.5 Å². The Morgan fingerprint density at radius 1 is 1.19 bits per heavy atom. The van der Waals surface area contributed by atoms with Crippen LogP contribution in [-0.4, -0.2) is 28.2 Å². The molecule has 8 heteroatoms. The number of carbonyl (C=O) groups excluding carboxylic acids is 4. The number of imide groups is 1. The van der Waals surface area contributed by atoms with Gasteiger partial charge in [-0.05, 0) is 12.1 Å². The van der Waals surface area contributed by atoms with Gasteiger partial charge in [0.2, 0.25) is 11.8 Å². The molecule has 0 saturated carbocycles. The molecule has 0 unspecified atom stereocenters. The van der Waals surface area contributed by atoms with Gasteiger partial charge in [0, 0.05) is 18.5 Å². The van der Waals surface area contributed by atoms with Gasteiger partial charge in [-0.2, -0.15) is 0 Å². The van der Waals surface area contributed by atoms with Crippen LogP contribution in [0.3, 0.4) is 0 Å². The summed E-state index contributed by atoms with van der Waals surface area (Å²) in [7, 11) is 0. The molecule has 1 aliphatic rings. The summed E-state index contributed by atoms with van der Waals surface area (Å²) in [5.41, 5.74) is 6.04. The molecule has 0 radical (unpaired) electrons. The van der Waals surface area contributed by atoms with E-state index in [9.17, 15) is 19.2 Å². The highest BCUT2D eigenvalue weighted by Crippen LogP contribution is 2.11. The van der Waals surface area contributed by atoms with Crippen molar-refractivity contribution in [2.75, 3.05) is 10.2 Å². The van der Waals surface area contributed by atoms with Crippen LogP contribution in [0.5, 0.6) is 0 Å². The lowest BCUT2D eigenvalue weighted by Crippen LogP contribution is -2.18. The average molecular weight is 404 g/mol. The molecule has 1 fully saturated rings. The van der Waals surface area contributed by atoms with Gasteiger partial charge in [-0.15, -0.1) is 0 Å². The van der Waals surface area contributed by atoms with E-state index >= 15 is 0 Å². The number of benzene rings is 1. The Labute approximate surface area is 134 Å². The third-order valence-corrected chi connectivity index (χ3v) is 2.98. The number of nitrogen functional groups attached to an aromatic ring is 1. The molecule has 3 N–H and O–H groups in total. The van der Waals surface area contributed by atoms with Gasteiger partial charge in [-0.25, -0.2) is 4.79 Å². The van der Waals surface area contributed by atoms with Gasteiger partial charge in [0.15, 0.2) is 0 Å². The lowest BCUT2D eigenvalue weighted by Gasteiger charge is -2.03. The van der Waals surface area contributed by atoms with Crippen molar-refractivity contribution in [3.63, 3.8) is 0 Å². The molecule has 2 rings (SSSR count). The molecule has 0 atom stereocenters. The molecular weight excluding hydrogens is 391 g/mol. The van der Waals surface area contributed by atoms with Crippen LogP contribution in [0.4, 0.5) is 5.69 Å². The van der Waals surface area contributed by atoms with E-state index in [0.29, 0.717) is 18.5 Å². The van der Waals surface area contributed by atoms with Gasteiger partial charge in [0.25, 0.3) is 0 Å². The first-order chi connectivity index (χ1) is 9.93. The van der Waals surface area contributed by atoms with Crippen molar-refractivity contribution in [2.24, 2.45) is 0 Å². The van der Waals surface area contributed by atoms with E-state index in [2.05, 4.69) is 10.1 Å². The van der Waals surface area contributed by atoms with Gasteiger partial charge in [0.05, 0.1) is 9.99 Å². The highest BCUT2D eigenvalue weighted by molar-refractivity contribution is 14.1. The van der Waals surface area contributed by atoms with E-state index in [1.807, 2.05) is 22.6 Å². The zero-order valence-electron chi connectivity index (χ0n) is 10.9. The van der Waals surface area contributed by atoms with Gasteiger partial charge in [0.1, 0.15) is 0 Å². The van der Waals surface area contributed by atoms with Gasteiger partial charge >= 0.3 is 11.9 Å². The number of carbonyl (C=O) groups is 4. The zero-order valence-corrected chi connectivity index (χ0v) is 13.1. The van der Waals surface area contributed by atoms with E-state index in [1.165, 1.54) is 6.07 Å². The lowest BCUT2D eigenvalue weighted by atomic mass is 10.2. The molecular formula is C13H13IN2O5. The number of ether oxygens (including phenoxy) is 1. The quantitative estimate of drug-likeness (QED) is 0.188. The summed E-state index contributed by atoms with van der Waals surface area (Å²) in [5, 5.41) is 2.14. The number of rotatable bonds is 2. The largest absolute Gasteiger partial charge is 0.398 e. The predicted molar refractivity (Wildman–Crippen MR) is 82.5 cm³/mol. The first kappa shape index (κ1) is 17.1. The maximum atomic E-state index is 11.3. The normalized spacial score (nSPS) is 13.0. The molecule has 1 aliphatic heterocycles. The van der Waals surface area contributed by atoms with Crippen LogP contribution in [0.25, 0.3) is 0 Å². The smallest absolute Gasteiger partial charge is 0.347 e. The number of anilines is 1. The van der Waals surface area contributed by atoms with E-state index < -0.39 is 11.9 Å². The number of hydrogen-bond donors (Lipinski definition) is 2. The van der Waals surface area contributed by atoms with E-state index in [-0.39, 0.29) is 21.8 Å². The molecule has 0 bridgehead atoms. The molecule has 112 valence electrons. The van der Waals surface area contributed by atoms with Crippen LogP contribution in [0, 0.1) is 0 Å². The molecule has 21 heavy (non-hydrogen) atoms. The monoisotopic (exact) mass is 404 g/mol. The minimum Gasteiger partial charge on any atom is -0.398 e. The number of nitrogens with one attached hydrogen (secondary N) is 1. The summed E-state index contributed by atoms with van der Waals surface area (Å²) in [5.74, 6) is -1.57. The predicted octanol–water partition coefficient (Wildman–Crippen LogP) is 0.810. The lowest BCUT2D eigenvalue weighted by molar-refractivity contribution is -0.134. The first-order valence-corrected chi connectivity index (χ1v) is 7.44. The van der Waals surface area contributed by atoms with Crippen molar-refractivity contribution in [3.8, 4) is 0 Å². The fourth-order valence-electron chi connectivity index (χ4n) is 1.38. The van der Waals surface area contributed by atoms with Gasteiger partial charge in [-0.3, -0.25) is 19.7 Å². The second kappa shape index (κ2) is 8.35. The second-order valence-electron chi connectivity index (χ2n) is 3.95. The van der Waals surface area contributed by atoms with Crippen LogP contribution in [0.15, 0.2) is 24.3 Å². The molecule has 1 aromatic carbocycles. The second-order valence-corrected chi connectivity index (χ2v) is 4.72. The van der Waals surface area contributed by atoms with Crippen molar-refractivity contribution in [2.45, 2.75) is 12.8 Å². The molecule has 1 aromatic rings. The minimum absolute atomic E-state index is 0.135. The molecule has 1 heterocycles. The summed E-state index contributed by atoms with van der Waals surface area (Å²) in [6.45, 7) is 0. The van der Waals surface area contributed by atoms with Gasteiger partial charge in [-0.1, -0.05) is 34.7 Å². The topological polar surface area (TPSA) is 116 Å². The van der Waals surface area contributed by atoms with Crippen molar-refractivity contribution in [1.29, 1.82) is 0 Å². The number of esters is 2. The minimum atomic E-state index is -0.704. The Bertz CT molecular complexity index is 559. The standard InChI is InChI=1S/C9H8INO3.C4H5NO2/c10-5-8(12)14-9(13)6-3-1-2-4-7(6)11;6-3-1-2-4(7)5-3/h1-4H,5,11H2;1-2H2,(H,5,6,7). The maximum Gasteiger partial charge on any atom is 0.347 e. The Morgan fingerprint density at radius 2 is 1.76 bits per heavy atom. The Balaban J connectivity index is 0.000000262. The Morgan fingerprint density at radius 3 is 2.19 bits per heavy atom. The fourth-order valence-corrected chi connectivity index (χ4v) is 1.53. The number of hydrogen-bond acceptors (Lipinski definition) is 6. The number of halogens is 1. The Hall–Kier alpha value is -1.97. The van der Waals surface area contributed by atoms with Crippen LogP contribution in [0.2, 0.25) is 0 Å². The number of alkyl halides is 1. The van der Waals surface area contributed by atoms with Crippen molar-refractivity contribution >= 4 is 52.0 Å². The molecule has 7 nitrogen and oxygen atoms in total. The molecule has 0 aliphatic carbocycles. The summed E-state index contributed by atoms with van der Waals surface area (Å²) >= 11 is 1.82. The van der Waals surface area contributed by atoms with Crippen molar-refractivity contribution in [3.05, 3.63) is 29.8 Å². The van der Waals surface area contributed by atoms with E-state index in [1.54, 1.807) is 18.2 Å². The third-order valence-electron chi connectivity index (χ3n) is 2.35. The van der Waals surface area contributed by atoms with Crippen LogP contribution < -0.4 is 11.1 Å². The third kappa shape index (κ3) is 5.90. The summed E-state index contributed by atoms with van der Waals surface area (Å²) in [6.07, 6.45) is 0.748. The average Bonchev–Trinajstić information content (AvgIpc) is 2.83. The van der Waals surface area contributed by atoms with Crippen LogP contribution >= 0.6 is 22.6 Å². The highest BCUT2D eigenvalue weighted by Gasteiger charge is 2.15. The van der Waals surface area contributed by atoms with Crippen molar-refractivity contribution in [1.82, 2.24) is 5.32 Å². The first-order valence-electron chi connectivity index (χ1n) is 5.92. The SMILES string of the molecule is Nc1ccccc1C(=O)OC(=O)CI.O=C1CCC(=O)N1. The fraction of sp³-hybridized carbons (Fsp3) is 0.231. The molecule has 1 saturated heterocycles. The number of para-hydroxylation sites is 1. The summed E-state index contributed by atoms with van der Waals surface area (Å²) in [6, 6.07) is 6.44. The van der Waals surface area contributed by atoms with Crippen LogP contribution in [-0.2, 0) is 19.1 Å². The van der Waals surface area contributed by atoms with E-state index in [4.69, 9.17) is 5.73 Å². The maximum absolute atomic E-state index is 11.3. The van der Waals surface area contributed by atoms with E-state index in [0.717, 1.165) is 0 Å². The number of nitrogens with two attached hydrogens (primary N) is 1. The van der Waals surface area contributed by atoms with Crippen molar-refractivity contribution < 1.29 is 23.9 Å². The zero-order chi connectivity index (χ0) is 15.8. The summed E-state index contributed by atoms with van der Waals surface area (Å²) < 4.78 is 4.64. The Kier molecular flexibility index (Phi) is 6.79. The number of amides is 2. The summed E-state index contributed by atoms with van der Waals surface area (Å²) in [4.78, 5) is 42.4. The molecule has 0 aromatic heterocycles. The molecule has 0 spiro atoms.